The maximum atomic E-state index is 13.1. The Kier molecular flexibility index (Phi) is 4.44. The molecule has 6 nitrogen and oxygen atoms in total. The van der Waals surface area contributed by atoms with Gasteiger partial charge in [-0.15, -0.1) is 6.42 Å². The van der Waals surface area contributed by atoms with Crippen LogP contribution < -0.4 is 0 Å². The van der Waals surface area contributed by atoms with Crippen LogP contribution in [-0.2, 0) is 0 Å². The quantitative estimate of drug-likeness (QED) is 0.711. The van der Waals surface area contributed by atoms with E-state index in [9.17, 15) is 4.79 Å². The van der Waals surface area contributed by atoms with Crippen LogP contribution in [0.2, 0.25) is 0 Å². The Balaban J connectivity index is 1.63. The summed E-state index contributed by atoms with van der Waals surface area (Å²) in [5.74, 6) is 2.60. The summed E-state index contributed by atoms with van der Waals surface area (Å²) >= 11 is 0. The zero-order chi connectivity index (χ0) is 17.9. The molecule has 1 fully saturated rings. The van der Waals surface area contributed by atoms with Crippen molar-refractivity contribution in [2.45, 2.75) is 38.1 Å². The first-order valence-electron chi connectivity index (χ1n) is 8.99. The molecule has 1 aliphatic carbocycles. The number of carbonyl (C=O) groups is 1. The summed E-state index contributed by atoms with van der Waals surface area (Å²) in [5, 5.41) is 0.929. The molecule has 0 aliphatic heterocycles. The highest BCUT2D eigenvalue weighted by Gasteiger charge is 2.26. The molecule has 3 aromatic heterocycles. The lowest BCUT2D eigenvalue weighted by Gasteiger charge is -2.32. The smallest absolute Gasteiger partial charge is 0.271 e. The molecule has 1 amide bonds. The molecule has 0 unspecified atom stereocenters. The van der Waals surface area contributed by atoms with Crippen LogP contribution in [0.25, 0.3) is 22.3 Å². The second-order valence-electron chi connectivity index (χ2n) is 6.69. The molecule has 1 saturated carbocycles. The number of H-pyrrole nitrogens is 2. The third kappa shape index (κ3) is 2.97. The van der Waals surface area contributed by atoms with Gasteiger partial charge in [-0.25, -0.2) is 9.97 Å². The Hall–Kier alpha value is -3.07. The Bertz CT molecular complexity index is 958. The number of nitrogens with zero attached hydrogens (tertiary/aromatic N) is 3. The number of rotatable bonds is 4. The lowest BCUT2D eigenvalue weighted by Crippen LogP contribution is -2.41. The molecule has 3 heterocycles. The Morgan fingerprint density at radius 3 is 2.92 bits per heavy atom. The predicted molar refractivity (Wildman–Crippen MR) is 100 cm³/mol. The molecular formula is C20H21N5O. The van der Waals surface area contributed by atoms with Gasteiger partial charge in [0.25, 0.3) is 5.91 Å². The number of amides is 1. The summed E-state index contributed by atoms with van der Waals surface area (Å²) in [6, 6.07) is 4.02. The molecule has 4 rings (SSSR count). The number of aromatic amines is 2. The highest BCUT2D eigenvalue weighted by Crippen LogP contribution is 2.27. The molecule has 3 aromatic rings. The average Bonchev–Trinajstić information content (AvgIpc) is 3.35. The van der Waals surface area contributed by atoms with Crippen molar-refractivity contribution in [3.63, 3.8) is 0 Å². The monoisotopic (exact) mass is 347 g/mol. The molecule has 0 atom stereocenters. The second-order valence-corrected chi connectivity index (χ2v) is 6.69. The van der Waals surface area contributed by atoms with E-state index in [1.807, 2.05) is 29.4 Å². The standard InChI is InChI=1S/C20H21N5O/c1-2-10-25(15-6-4-3-5-7-15)20(26)17-11-14(12-22-17)18-16-8-9-21-19(16)24-13-23-18/h1,8-9,11-13,15,22H,3-7,10H2,(H,21,23,24). The number of terminal acetylenes is 1. The van der Waals surface area contributed by atoms with Crippen molar-refractivity contribution >= 4 is 16.9 Å². The van der Waals surface area contributed by atoms with Gasteiger partial charge in [-0.05, 0) is 25.0 Å². The molecule has 132 valence electrons. The van der Waals surface area contributed by atoms with Gasteiger partial charge in [0.15, 0.2) is 0 Å². The molecule has 2 N–H and O–H groups in total. The normalized spacial score (nSPS) is 15.0. The Morgan fingerprint density at radius 2 is 2.12 bits per heavy atom. The van der Waals surface area contributed by atoms with Crippen LogP contribution in [0.1, 0.15) is 42.6 Å². The highest BCUT2D eigenvalue weighted by molar-refractivity contribution is 5.96. The molecule has 1 aliphatic rings. The van der Waals surface area contributed by atoms with E-state index in [4.69, 9.17) is 6.42 Å². The summed E-state index contributed by atoms with van der Waals surface area (Å²) in [6.07, 6.45) is 16.3. The SMILES string of the molecule is C#CCN(C(=O)c1cc(-c2ncnc3[nH]ccc23)c[nH]1)C1CCCCC1. The molecule has 0 aromatic carbocycles. The van der Waals surface area contributed by atoms with Gasteiger partial charge < -0.3 is 14.9 Å². The average molecular weight is 347 g/mol. The molecule has 0 radical (unpaired) electrons. The third-order valence-corrected chi connectivity index (χ3v) is 5.08. The van der Waals surface area contributed by atoms with Crippen LogP contribution in [-0.4, -0.2) is 43.3 Å². The molecule has 0 spiro atoms. The van der Waals surface area contributed by atoms with E-state index in [1.54, 1.807) is 0 Å². The third-order valence-electron chi connectivity index (χ3n) is 5.08. The molecule has 0 bridgehead atoms. The van der Waals surface area contributed by atoms with E-state index in [0.717, 1.165) is 48.0 Å². The van der Waals surface area contributed by atoms with Gasteiger partial charge in [0.05, 0.1) is 12.2 Å². The lowest BCUT2D eigenvalue weighted by molar-refractivity contribution is 0.0662. The van der Waals surface area contributed by atoms with E-state index < -0.39 is 0 Å². The minimum absolute atomic E-state index is 0.0412. The topological polar surface area (TPSA) is 77.7 Å². The first-order chi connectivity index (χ1) is 12.8. The zero-order valence-electron chi connectivity index (χ0n) is 14.5. The fourth-order valence-electron chi connectivity index (χ4n) is 3.77. The van der Waals surface area contributed by atoms with Crippen molar-refractivity contribution in [2.24, 2.45) is 0 Å². The van der Waals surface area contributed by atoms with Gasteiger partial charge in [0, 0.05) is 29.4 Å². The van der Waals surface area contributed by atoms with E-state index in [-0.39, 0.29) is 11.9 Å². The van der Waals surface area contributed by atoms with Crippen molar-refractivity contribution in [3.8, 4) is 23.6 Å². The number of nitrogens with one attached hydrogen (secondary N) is 2. The van der Waals surface area contributed by atoms with Gasteiger partial charge in [0.1, 0.15) is 17.7 Å². The first-order valence-corrected chi connectivity index (χ1v) is 8.99. The largest absolute Gasteiger partial charge is 0.357 e. The van der Waals surface area contributed by atoms with Crippen molar-refractivity contribution in [1.29, 1.82) is 0 Å². The maximum Gasteiger partial charge on any atom is 0.271 e. The van der Waals surface area contributed by atoms with Gasteiger partial charge in [-0.3, -0.25) is 4.79 Å². The molecular weight excluding hydrogens is 326 g/mol. The van der Waals surface area contributed by atoms with Crippen molar-refractivity contribution in [2.75, 3.05) is 6.54 Å². The van der Waals surface area contributed by atoms with Crippen LogP contribution in [0.15, 0.2) is 30.9 Å². The Labute approximate surface area is 152 Å². The van der Waals surface area contributed by atoms with Crippen LogP contribution in [0.5, 0.6) is 0 Å². The van der Waals surface area contributed by atoms with Crippen molar-refractivity contribution in [3.05, 3.63) is 36.5 Å². The van der Waals surface area contributed by atoms with E-state index in [0.29, 0.717) is 12.2 Å². The van der Waals surface area contributed by atoms with Gasteiger partial charge in [-0.1, -0.05) is 25.2 Å². The van der Waals surface area contributed by atoms with E-state index in [2.05, 4.69) is 25.9 Å². The number of fused-ring (bicyclic) bond motifs is 1. The van der Waals surface area contributed by atoms with Gasteiger partial charge in [0.2, 0.25) is 0 Å². The van der Waals surface area contributed by atoms with Gasteiger partial charge >= 0.3 is 0 Å². The fraction of sp³-hybridized carbons (Fsp3) is 0.350. The number of hydrogen-bond acceptors (Lipinski definition) is 3. The molecule has 26 heavy (non-hydrogen) atoms. The van der Waals surface area contributed by atoms with Crippen LogP contribution in [0.4, 0.5) is 0 Å². The maximum absolute atomic E-state index is 13.1. The van der Waals surface area contributed by atoms with Crippen molar-refractivity contribution < 1.29 is 4.79 Å². The zero-order valence-corrected chi connectivity index (χ0v) is 14.5. The second kappa shape index (κ2) is 7.04. The van der Waals surface area contributed by atoms with E-state index >= 15 is 0 Å². The summed E-state index contributed by atoms with van der Waals surface area (Å²) in [7, 11) is 0. The number of carbonyl (C=O) groups excluding carboxylic acids is 1. The lowest BCUT2D eigenvalue weighted by atomic mass is 9.94. The fourth-order valence-corrected chi connectivity index (χ4v) is 3.77. The van der Waals surface area contributed by atoms with Crippen molar-refractivity contribution in [1.82, 2.24) is 24.8 Å². The summed E-state index contributed by atoms with van der Waals surface area (Å²) in [5.41, 5.74) is 2.99. The summed E-state index contributed by atoms with van der Waals surface area (Å²) in [6.45, 7) is 0.341. The Morgan fingerprint density at radius 1 is 1.27 bits per heavy atom. The number of aromatic nitrogens is 4. The molecule has 6 heteroatoms. The van der Waals surface area contributed by atoms with Crippen LogP contribution in [0.3, 0.4) is 0 Å². The van der Waals surface area contributed by atoms with Crippen LogP contribution >= 0.6 is 0 Å². The van der Waals surface area contributed by atoms with E-state index in [1.165, 1.54) is 12.7 Å². The minimum atomic E-state index is -0.0412. The van der Waals surface area contributed by atoms with Crippen LogP contribution in [0, 0.1) is 12.3 Å². The molecule has 0 saturated heterocycles. The summed E-state index contributed by atoms with van der Waals surface area (Å²) < 4.78 is 0. The highest BCUT2D eigenvalue weighted by atomic mass is 16.2. The van der Waals surface area contributed by atoms with Gasteiger partial charge in [-0.2, -0.15) is 0 Å². The summed E-state index contributed by atoms with van der Waals surface area (Å²) in [4.78, 5) is 29.7. The predicted octanol–water partition coefficient (Wildman–Crippen LogP) is 3.36. The minimum Gasteiger partial charge on any atom is -0.357 e. The first kappa shape index (κ1) is 16.4. The number of hydrogen-bond donors (Lipinski definition) is 2.